The van der Waals surface area contributed by atoms with Crippen molar-refractivity contribution in [3.05, 3.63) is 91.8 Å². The van der Waals surface area contributed by atoms with Gasteiger partial charge in [0.15, 0.2) is 0 Å². The lowest BCUT2D eigenvalue weighted by atomic mass is 10.1. The highest BCUT2D eigenvalue weighted by Crippen LogP contribution is 2.29. The largest absolute Gasteiger partial charge is 0.471 e. The van der Waals surface area contributed by atoms with Gasteiger partial charge in [-0.1, -0.05) is 47.6 Å². The Hall–Kier alpha value is -4.02. The van der Waals surface area contributed by atoms with E-state index in [2.05, 4.69) is 20.0 Å². The maximum atomic E-state index is 13.8. The van der Waals surface area contributed by atoms with Crippen molar-refractivity contribution >= 4 is 11.4 Å². The van der Waals surface area contributed by atoms with Gasteiger partial charge in [0, 0.05) is 31.3 Å². The predicted octanol–water partition coefficient (Wildman–Crippen LogP) is 3.74. The van der Waals surface area contributed by atoms with Crippen molar-refractivity contribution in [1.82, 2.24) is 10.1 Å². The zero-order valence-electron chi connectivity index (χ0n) is 17.1. The second-order valence-electron chi connectivity index (χ2n) is 7.30. The molecule has 4 aromatic rings. The Balaban J connectivity index is 1.46. The molecule has 170 valence electrons. The van der Waals surface area contributed by atoms with E-state index in [0.717, 1.165) is 0 Å². The van der Waals surface area contributed by atoms with Gasteiger partial charge in [0.2, 0.25) is 5.82 Å². The summed E-state index contributed by atoms with van der Waals surface area (Å²) < 4.78 is 55.9. The molecule has 0 radical (unpaired) electrons. The Morgan fingerprint density at radius 1 is 1.03 bits per heavy atom. The molecule has 0 aliphatic rings. The van der Waals surface area contributed by atoms with Gasteiger partial charge in [0.05, 0.1) is 0 Å². The van der Waals surface area contributed by atoms with E-state index < -0.39 is 28.7 Å². The molecule has 0 bridgehead atoms. The number of alkyl halides is 3. The summed E-state index contributed by atoms with van der Waals surface area (Å²) in [6, 6.07) is 12.4. The van der Waals surface area contributed by atoms with Crippen LogP contribution in [0.2, 0.25) is 0 Å². The van der Waals surface area contributed by atoms with Crippen LogP contribution in [-0.2, 0) is 19.3 Å². The van der Waals surface area contributed by atoms with E-state index in [1.54, 1.807) is 42.3 Å². The highest BCUT2D eigenvalue weighted by molar-refractivity contribution is 5.75. The average molecular weight is 460 g/mol. The molecule has 0 fully saturated rings. The Bertz CT molecular complexity index is 1360. The molecule has 0 saturated carbocycles. The van der Waals surface area contributed by atoms with Crippen LogP contribution in [0.15, 0.2) is 62.6 Å². The van der Waals surface area contributed by atoms with E-state index in [4.69, 9.17) is 0 Å². The van der Waals surface area contributed by atoms with Gasteiger partial charge in [-0.15, -0.1) is 0 Å². The van der Waals surface area contributed by atoms with E-state index in [1.807, 2.05) is 0 Å². The van der Waals surface area contributed by atoms with E-state index in [-0.39, 0.29) is 30.3 Å². The number of aromatic nitrogens is 2. The van der Waals surface area contributed by atoms with Gasteiger partial charge in [-0.2, -0.15) is 18.2 Å². The minimum atomic E-state index is -4.73. The molecular weight excluding hydrogens is 444 g/mol. The number of anilines is 2. The van der Waals surface area contributed by atoms with Crippen LogP contribution in [0.4, 0.5) is 28.9 Å². The molecule has 4 rings (SSSR count). The van der Waals surface area contributed by atoms with Gasteiger partial charge >= 0.3 is 12.1 Å². The van der Waals surface area contributed by atoms with Gasteiger partial charge in [-0.3, -0.25) is 9.59 Å². The zero-order chi connectivity index (χ0) is 23.8. The van der Waals surface area contributed by atoms with Crippen LogP contribution in [0.3, 0.4) is 0 Å². The molecule has 1 heterocycles. The average Bonchev–Trinajstić information content (AvgIpc) is 3.28. The Kier molecular flexibility index (Phi) is 5.71. The van der Waals surface area contributed by atoms with Crippen molar-refractivity contribution in [2.45, 2.75) is 19.3 Å². The van der Waals surface area contributed by atoms with Crippen molar-refractivity contribution in [3.8, 4) is 11.4 Å². The molecule has 0 atom stereocenters. The fraction of sp³-hybridized carbons (Fsp3) is 0.182. The van der Waals surface area contributed by atoms with Gasteiger partial charge in [0.1, 0.15) is 17.2 Å². The number of nitrogens with one attached hydrogen (secondary N) is 1. The molecule has 1 N–H and O–H groups in total. The highest BCUT2D eigenvalue weighted by atomic mass is 19.4. The lowest BCUT2D eigenvalue weighted by Crippen LogP contribution is -2.41. The summed E-state index contributed by atoms with van der Waals surface area (Å²) in [6.45, 7) is 0.275. The third kappa shape index (κ3) is 4.47. The van der Waals surface area contributed by atoms with Crippen LogP contribution < -0.4 is 21.1 Å². The smallest absolute Gasteiger partial charge is 0.376 e. The van der Waals surface area contributed by atoms with Crippen LogP contribution in [0.1, 0.15) is 17.0 Å². The van der Waals surface area contributed by atoms with Crippen molar-refractivity contribution in [2.24, 2.45) is 0 Å². The zero-order valence-corrected chi connectivity index (χ0v) is 17.1. The molecule has 11 heteroatoms. The molecule has 1 aromatic heterocycles. The second kappa shape index (κ2) is 8.49. The fourth-order valence-electron chi connectivity index (χ4n) is 3.30. The topological polar surface area (TPSA) is 88.3 Å². The number of rotatable bonds is 7. The number of hydrogen-bond acceptors (Lipinski definition) is 7. The minimum Gasteiger partial charge on any atom is -0.376 e. The van der Waals surface area contributed by atoms with Crippen molar-refractivity contribution in [1.29, 1.82) is 0 Å². The maximum absolute atomic E-state index is 13.8. The third-order valence-electron chi connectivity index (χ3n) is 4.98. The molecule has 0 aliphatic carbocycles. The SMILES string of the molecule is CN(Cc1ccc(-c2noc(C(F)(F)F)n2)cc1)c1c(NCc2ccccc2F)c(=O)c1=O. The summed E-state index contributed by atoms with van der Waals surface area (Å²) in [5.74, 6) is -2.07. The number of hydrogen-bond donors (Lipinski definition) is 1. The van der Waals surface area contributed by atoms with Gasteiger partial charge in [-0.05, 0) is 11.6 Å². The minimum absolute atomic E-state index is 0.0394. The maximum Gasteiger partial charge on any atom is 0.471 e. The summed E-state index contributed by atoms with van der Waals surface area (Å²) in [4.78, 5) is 29.0. The molecular formula is C22H16F4N4O3. The normalized spacial score (nSPS) is 11.7. The monoisotopic (exact) mass is 460 g/mol. The standard InChI is InChI=1S/C22H16F4N4O3/c1-30(17-16(18(31)19(17)32)27-10-14-4-2-3-5-15(14)23)11-12-6-8-13(9-7-12)20-28-21(33-29-20)22(24,25)26/h2-9,27H,10-11H2,1H3. The molecule has 0 saturated heterocycles. The quantitative estimate of drug-likeness (QED) is 0.332. The molecule has 3 aromatic carbocycles. The number of benzene rings is 2. The van der Waals surface area contributed by atoms with Crippen LogP contribution >= 0.6 is 0 Å². The number of nitrogens with zero attached hydrogens (tertiary/aromatic N) is 3. The summed E-state index contributed by atoms with van der Waals surface area (Å²) in [5.41, 5.74) is 0.334. The Morgan fingerprint density at radius 3 is 2.36 bits per heavy atom. The van der Waals surface area contributed by atoms with Gasteiger partial charge in [-0.25, -0.2) is 4.39 Å². The summed E-state index contributed by atoms with van der Waals surface area (Å²) >= 11 is 0. The molecule has 33 heavy (non-hydrogen) atoms. The first-order valence-corrected chi connectivity index (χ1v) is 9.67. The summed E-state index contributed by atoms with van der Waals surface area (Å²) in [5, 5.41) is 6.16. The van der Waals surface area contributed by atoms with Crippen LogP contribution in [0, 0.1) is 5.82 Å². The molecule has 0 spiro atoms. The molecule has 7 nitrogen and oxygen atoms in total. The van der Waals surface area contributed by atoms with E-state index >= 15 is 0 Å². The lowest BCUT2D eigenvalue weighted by molar-refractivity contribution is -0.159. The Labute approximate surface area is 184 Å². The van der Waals surface area contributed by atoms with Gasteiger partial charge in [0.25, 0.3) is 10.9 Å². The first kappa shape index (κ1) is 22.2. The highest BCUT2D eigenvalue weighted by Gasteiger charge is 2.38. The van der Waals surface area contributed by atoms with Crippen LogP contribution in [0.25, 0.3) is 11.4 Å². The van der Waals surface area contributed by atoms with Crippen LogP contribution in [-0.4, -0.2) is 17.2 Å². The third-order valence-corrected chi connectivity index (χ3v) is 4.98. The molecule has 0 amide bonds. The second-order valence-corrected chi connectivity index (χ2v) is 7.30. The Morgan fingerprint density at radius 2 is 1.73 bits per heavy atom. The molecule has 0 unspecified atom stereocenters. The van der Waals surface area contributed by atoms with Crippen LogP contribution in [0.5, 0.6) is 0 Å². The van der Waals surface area contributed by atoms with Crippen molar-refractivity contribution < 1.29 is 22.1 Å². The van der Waals surface area contributed by atoms with E-state index in [9.17, 15) is 27.2 Å². The van der Waals surface area contributed by atoms with E-state index in [1.165, 1.54) is 18.2 Å². The fourth-order valence-corrected chi connectivity index (χ4v) is 3.30. The summed E-state index contributed by atoms with van der Waals surface area (Å²) in [7, 11) is 1.62. The first-order chi connectivity index (χ1) is 15.6. The first-order valence-electron chi connectivity index (χ1n) is 9.67. The van der Waals surface area contributed by atoms with Crippen molar-refractivity contribution in [2.75, 3.05) is 17.3 Å². The van der Waals surface area contributed by atoms with E-state index in [0.29, 0.717) is 16.7 Å². The molecule has 0 aliphatic heterocycles. The van der Waals surface area contributed by atoms with Crippen molar-refractivity contribution in [3.63, 3.8) is 0 Å². The van der Waals surface area contributed by atoms with Gasteiger partial charge < -0.3 is 14.7 Å². The number of halogens is 4. The predicted molar refractivity (Wildman–Crippen MR) is 112 cm³/mol. The summed E-state index contributed by atoms with van der Waals surface area (Å²) in [6.07, 6.45) is -4.73. The lowest BCUT2D eigenvalue weighted by Gasteiger charge is -2.24.